The topological polar surface area (TPSA) is 196 Å². The molecule has 8 rings (SSSR count). The number of aromatic nitrogens is 1. The number of imide groups is 2. The average Bonchev–Trinajstić information content (AvgIpc) is 3.61. The molecule has 19 heteroatoms. The fraction of sp³-hybridized carbons (Fsp3) is 0.256. The zero-order valence-corrected chi connectivity index (χ0v) is 33.8. The van der Waals surface area contributed by atoms with Crippen molar-refractivity contribution in [1.29, 1.82) is 0 Å². The fourth-order valence-electron chi connectivity index (χ4n) is 9.34. The molecule has 62 heavy (non-hydrogen) atoms. The molecule has 14 nitrogen and oxygen atoms in total. The molecule has 4 N–H and O–H groups in total. The number of hydrogen-bond acceptors (Lipinski definition) is 11. The molecule has 1 aromatic heterocycles. The number of aromatic carboxylic acids is 1. The van der Waals surface area contributed by atoms with Gasteiger partial charge in [-0.3, -0.25) is 24.6 Å². The van der Waals surface area contributed by atoms with E-state index in [2.05, 4.69) is 10.4 Å². The van der Waals surface area contributed by atoms with Gasteiger partial charge in [-0.15, -0.1) is 0 Å². The molecule has 0 bridgehead atoms. The molecule has 3 heterocycles. The first-order chi connectivity index (χ1) is 29.4. The number of phenolic OH excluding ortho intramolecular Hbond substituents is 1. The second-order valence-electron chi connectivity index (χ2n) is 15.1. The number of carbonyl (C=O) groups excluding carboxylic acids is 4. The largest absolute Gasteiger partial charge is 0.507 e. The summed E-state index contributed by atoms with van der Waals surface area (Å²) >= 11 is 12.6. The summed E-state index contributed by atoms with van der Waals surface area (Å²) in [5.41, 5.74) is 0.316. The van der Waals surface area contributed by atoms with Crippen molar-refractivity contribution in [2.24, 2.45) is 29.6 Å². The van der Waals surface area contributed by atoms with Crippen molar-refractivity contribution < 1.29 is 61.9 Å². The summed E-state index contributed by atoms with van der Waals surface area (Å²) in [5.74, 6) is -11.0. The number of hydrazine groups is 1. The number of halogens is 5. The number of nitrogens with one attached hydrogen (secondary N) is 1. The smallest absolute Gasteiger partial charge is 0.417 e. The molecule has 2 saturated heterocycles. The van der Waals surface area contributed by atoms with Crippen molar-refractivity contribution in [3.8, 4) is 23.0 Å². The predicted molar refractivity (Wildman–Crippen MR) is 215 cm³/mol. The lowest BCUT2D eigenvalue weighted by molar-refractivity contribution is -0.139. The highest BCUT2D eigenvalue weighted by atomic mass is 35.5. The Bertz CT molecular complexity index is 2630. The van der Waals surface area contributed by atoms with Crippen molar-refractivity contribution in [1.82, 2.24) is 9.99 Å². The van der Waals surface area contributed by atoms with Crippen LogP contribution in [0.1, 0.15) is 39.9 Å². The maximum absolute atomic E-state index is 15.4. The van der Waals surface area contributed by atoms with Gasteiger partial charge in [-0.2, -0.15) is 18.2 Å². The standard InChI is InChI=1S/C43H33Cl2F3N4O10/c1-61-32-13-19(14-33(62-2)35(32)54)3-12-28-24-10-11-26-34(39(57)51(37(26)55)23-8-9-25(40(58)59)31(53)16-23)27(24)17-29-38(56)52(41(60)42(28,29)20-4-6-22(44)7-5-20)50-36-30(45)15-21(18-49-36)43(46,47)48/h3-10,12-16,18,26-29,34,53-54H,11,17H2,1-2H3,(H,49,50)(H,58,59)/t26-,27+,28-,29-,34-,42-/m0/s1. The number of fused-ring (bicyclic) bond motifs is 4. The zero-order valence-electron chi connectivity index (χ0n) is 32.3. The number of carbonyl (C=O) groups is 5. The second-order valence-corrected chi connectivity index (χ2v) is 16.0. The number of methoxy groups -OCH3 is 2. The van der Waals surface area contributed by atoms with Gasteiger partial charge >= 0.3 is 12.1 Å². The van der Waals surface area contributed by atoms with Crippen molar-refractivity contribution >= 4 is 70.4 Å². The normalized spacial score (nSPS) is 24.5. The number of pyridine rings is 1. The highest BCUT2D eigenvalue weighted by molar-refractivity contribution is 6.33. The minimum Gasteiger partial charge on any atom is -0.507 e. The van der Waals surface area contributed by atoms with E-state index in [0.717, 1.165) is 17.0 Å². The van der Waals surface area contributed by atoms with E-state index in [9.17, 15) is 47.7 Å². The number of anilines is 2. The van der Waals surface area contributed by atoms with Crippen LogP contribution in [-0.4, -0.2) is 69.1 Å². The Labute approximate surface area is 359 Å². The van der Waals surface area contributed by atoms with Gasteiger partial charge in [-0.1, -0.05) is 59.1 Å². The second kappa shape index (κ2) is 15.4. The van der Waals surface area contributed by atoms with Crippen LogP contribution in [-0.2, 0) is 30.8 Å². The van der Waals surface area contributed by atoms with Gasteiger partial charge in [0.15, 0.2) is 17.3 Å². The van der Waals surface area contributed by atoms with E-state index in [1.807, 2.05) is 0 Å². The van der Waals surface area contributed by atoms with Crippen LogP contribution >= 0.6 is 23.2 Å². The van der Waals surface area contributed by atoms with Gasteiger partial charge in [-0.25, -0.2) is 14.7 Å². The number of hydrogen-bond donors (Lipinski definition) is 4. The monoisotopic (exact) mass is 892 g/mol. The quantitative estimate of drug-likeness (QED) is 0.0971. The summed E-state index contributed by atoms with van der Waals surface area (Å²) < 4.78 is 51.3. The molecule has 6 atom stereocenters. The maximum Gasteiger partial charge on any atom is 0.417 e. The van der Waals surface area contributed by atoms with Crippen molar-refractivity contribution in [2.45, 2.75) is 24.4 Å². The molecule has 3 fully saturated rings. The molecule has 2 aliphatic carbocycles. The highest BCUT2D eigenvalue weighted by Crippen LogP contribution is 2.62. The number of rotatable bonds is 9. The van der Waals surface area contributed by atoms with Crippen LogP contribution in [0, 0.1) is 29.6 Å². The first-order valence-corrected chi connectivity index (χ1v) is 19.6. The number of aromatic hydroxyl groups is 2. The fourth-order valence-corrected chi connectivity index (χ4v) is 9.68. The minimum atomic E-state index is -4.80. The molecular weight excluding hydrogens is 860 g/mol. The minimum absolute atomic E-state index is 0.0124. The van der Waals surface area contributed by atoms with Crippen LogP contribution in [0.5, 0.6) is 23.0 Å². The molecule has 320 valence electrons. The number of carboxylic acid groups (broad SMARTS) is 1. The number of nitrogens with zero attached hydrogens (tertiary/aromatic N) is 3. The zero-order chi connectivity index (χ0) is 44.6. The number of allylic oxidation sites excluding steroid dienone is 3. The van der Waals surface area contributed by atoms with Gasteiger partial charge < -0.3 is 24.8 Å². The van der Waals surface area contributed by atoms with Crippen molar-refractivity contribution in [3.05, 3.63) is 117 Å². The van der Waals surface area contributed by atoms with Gasteiger partial charge in [0.1, 0.15) is 11.3 Å². The van der Waals surface area contributed by atoms with E-state index in [4.69, 9.17) is 32.7 Å². The molecule has 4 aliphatic rings. The molecule has 2 aliphatic heterocycles. The third-order valence-corrected chi connectivity index (χ3v) is 12.6. The maximum atomic E-state index is 15.4. The molecule has 3 aromatic carbocycles. The summed E-state index contributed by atoms with van der Waals surface area (Å²) in [6.45, 7) is 0. The predicted octanol–water partition coefficient (Wildman–Crippen LogP) is 7.27. The van der Waals surface area contributed by atoms with Crippen molar-refractivity contribution in [2.75, 3.05) is 24.5 Å². The molecular formula is C43H33Cl2F3N4O10. The molecule has 4 aromatic rings. The van der Waals surface area contributed by atoms with E-state index >= 15 is 4.79 Å². The number of amides is 4. The van der Waals surface area contributed by atoms with Gasteiger partial charge in [0.05, 0.1) is 53.7 Å². The van der Waals surface area contributed by atoms with Gasteiger partial charge in [-0.05, 0) is 72.4 Å². The average molecular weight is 894 g/mol. The third-order valence-electron chi connectivity index (χ3n) is 12.1. The number of alkyl halides is 3. The van der Waals surface area contributed by atoms with E-state index in [1.54, 1.807) is 30.4 Å². The van der Waals surface area contributed by atoms with Crippen LogP contribution in [0.25, 0.3) is 6.08 Å². The first-order valence-electron chi connectivity index (χ1n) is 18.8. The molecule has 4 amide bonds. The Kier molecular flexibility index (Phi) is 10.5. The SMILES string of the molecule is COc1cc(C=C[C@H]2C3=CC[C@@H]4C(=O)N(c5ccc(C(=O)O)c(O)c5)C(=O)[C@@H]4[C@@H]3C[C@H]3C(=O)N(Nc4ncc(C(F)(F)F)cc4Cl)C(=O)[C@@]23c2ccc(Cl)cc2)cc(OC)c1O. The van der Waals surface area contributed by atoms with E-state index < -0.39 is 98.5 Å². The first kappa shape index (κ1) is 42.1. The highest BCUT2D eigenvalue weighted by Gasteiger charge is 2.69. The van der Waals surface area contributed by atoms with E-state index in [-0.39, 0.29) is 35.8 Å². The van der Waals surface area contributed by atoms with Crippen molar-refractivity contribution in [3.63, 3.8) is 0 Å². The molecule has 0 spiro atoms. The van der Waals surface area contributed by atoms with Crippen LogP contribution in [0.2, 0.25) is 10.0 Å². The van der Waals surface area contributed by atoms with Gasteiger partial charge in [0.2, 0.25) is 17.6 Å². The number of phenols is 2. The third kappa shape index (κ3) is 6.57. The summed E-state index contributed by atoms with van der Waals surface area (Å²) in [5, 5.41) is 31.0. The van der Waals surface area contributed by atoms with E-state index in [1.165, 1.54) is 44.6 Å². The Morgan fingerprint density at radius 3 is 2.21 bits per heavy atom. The number of benzene rings is 3. The molecule has 1 saturated carbocycles. The van der Waals surface area contributed by atoms with Gasteiger partial charge in [0, 0.05) is 23.2 Å². The van der Waals surface area contributed by atoms with Crippen LogP contribution in [0.15, 0.2) is 84.6 Å². The van der Waals surface area contributed by atoms with Gasteiger partial charge in [0.25, 0.3) is 11.8 Å². The summed E-state index contributed by atoms with van der Waals surface area (Å²) in [7, 11) is 2.68. The number of ether oxygens (including phenoxy) is 2. The molecule has 0 unspecified atom stereocenters. The van der Waals surface area contributed by atoms with Crippen LogP contribution in [0.4, 0.5) is 24.7 Å². The Morgan fingerprint density at radius 1 is 0.935 bits per heavy atom. The summed E-state index contributed by atoms with van der Waals surface area (Å²) in [4.78, 5) is 75.2. The van der Waals surface area contributed by atoms with Crippen LogP contribution in [0.3, 0.4) is 0 Å². The lowest BCUT2D eigenvalue weighted by Gasteiger charge is -2.49. The van der Waals surface area contributed by atoms with Crippen LogP contribution < -0.4 is 19.8 Å². The Balaban J connectivity index is 1.30. The number of carboxylic acids is 1. The van der Waals surface area contributed by atoms with E-state index in [0.29, 0.717) is 39.0 Å². The Hall–Kier alpha value is -6.59. The summed E-state index contributed by atoms with van der Waals surface area (Å²) in [6, 6.07) is 13.1. The lowest BCUT2D eigenvalue weighted by atomic mass is 9.50. The Morgan fingerprint density at radius 2 is 1.61 bits per heavy atom. The lowest BCUT2D eigenvalue weighted by Crippen LogP contribution is -2.54. The molecule has 0 radical (unpaired) electrons. The summed E-state index contributed by atoms with van der Waals surface area (Å²) in [6.07, 6.45) is 0.565.